The van der Waals surface area contributed by atoms with Gasteiger partial charge in [0.2, 0.25) is 10.0 Å². The van der Waals surface area contributed by atoms with Gasteiger partial charge in [-0.05, 0) is 23.8 Å². The van der Waals surface area contributed by atoms with Crippen LogP contribution in [0.15, 0.2) is 70.0 Å². The number of thiazole rings is 1. The van der Waals surface area contributed by atoms with Gasteiger partial charge in [-0.2, -0.15) is 4.99 Å². The fourth-order valence-electron chi connectivity index (χ4n) is 2.65. The highest BCUT2D eigenvalue weighted by Crippen LogP contribution is 2.27. The van der Waals surface area contributed by atoms with E-state index in [-0.39, 0.29) is 16.2 Å². The normalized spacial score (nSPS) is 12.3. The second-order valence-corrected chi connectivity index (χ2v) is 9.36. The van der Waals surface area contributed by atoms with Crippen molar-refractivity contribution in [1.29, 1.82) is 0 Å². The van der Waals surface area contributed by atoms with Gasteiger partial charge in [0.05, 0.1) is 7.11 Å². The van der Waals surface area contributed by atoms with Crippen molar-refractivity contribution >= 4 is 27.3 Å². The molecule has 0 N–H and O–H groups in total. The number of nitrogens with zero attached hydrogens (tertiary/aromatic N) is 3. The number of carbonyl (C=O) groups is 1. The third-order valence-corrected chi connectivity index (χ3v) is 6.85. The SMILES string of the molecule is COc1ccc(C(=O)N=c2sccn2Cc2ccccc2)cc1S(=O)(=O)N(C)C. The smallest absolute Gasteiger partial charge is 0.279 e. The van der Waals surface area contributed by atoms with Crippen LogP contribution in [0.3, 0.4) is 0 Å². The van der Waals surface area contributed by atoms with Crippen molar-refractivity contribution in [3.63, 3.8) is 0 Å². The van der Waals surface area contributed by atoms with Crippen LogP contribution in [0, 0.1) is 0 Å². The summed E-state index contributed by atoms with van der Waals surface area (Å²) >= 11 is 1.34. The number of amides is 1. The first-order valence-corrected chi connectivity index (χ1v) is 11.0. The maximum atomic E-state index is 12.7. The lowest BCUT2D eigenvalue weighted by Crippen LogP contribution is -2.23. The molecular weight excluding hydrogens is 410 g/mol. The molecule has 0 unspecified atom stereocenters. The zero-order valence-corrected chi connectivity index (χ0v) is 17.9. The van der Waals surface area contributed by atoms with Crippen molar-refractivity contribution < 1.29 is 17.9 Å². The molecule has 0 aliphatic rings. The van der Waals surface area contributed by atoms with E-state index in [9.17, 15) is 13.2 Å². The standard InChI is InChI=1S/C20H21N3O4S2/c1-22(2)29(25,26)18-13-16(9-10-17(18)27-3)19(24)21-20-23(11-12-28-20)14-15-7-5-4-6-8-15/h4-13H,14H2,1-3H3. The Morgan fingerprint density at radius 3 is 2.55 bits per heavy atom. The Morgan fingerprint density at radius 2 is 1.90 bits per heavy atom. The second kappa shape index (κ2) is 8.73. The highest BCUT2D eigenvalue weighted by Gasteiger charge is 2.23. The molecule has 1 heterocycles. The lowest BCUT2D eigenvalue weighted by atomic mass is 10.2. The predicted octanol–water partition coefficient (Wildman–Crippen LogP) is 2.60. The van der Waals surface area contributed by atoms with Crippen LogP contribution in [-0.4, -0.2) is 44.4 Å². The van der Waals surface area contributed by atoms with Crippen molar-refractivity contribution in [2.45, 2.75) is 11.4 Å². The molecule has 7 nitrogen and oxygen atoms in total. The molecule has 152 valence electrons. The molecule has 0 fully saturated rings. The van der Waals surface area contributed by atoms with Gasteiger partial charge in [0.1, 0.15) is 10.6 Å². The third-order valence-electron chi connectivity index (χ3n) is 4.22. The number of rotatable bonds is 6. The van der Waals surface area contributed by atoms with Crippen molar-refractivity contribution in [2.24, 2.45) is 4.99 Å². The maximum Gasteiger partial charge on any atom is 0.279 e. The summed E-state index contributed by atoms with van der Waals surface area (Å²) in [5.74, 6) is -0.349. The van der Waals surface area contributed by atoms with Crippen molar-refractivity contribution in [3.8, 4) is 5.75 Å². The second-order valence-electron chi connectivity index (χ2n) is 6.37. The molecule has 0 aliphatic carbocycles. The number of sulfonamides is 1. The van der Waals surface area contributed by atoms with Crippen LogP contribution in [0.25, 0.3) is 0 Å². The molecule has 0 radical (unpaired) electrons. The van der Waals surface area contributed by atoms with Crippen LogP contribution in [0.4, 0.5) is 0 Å². The van der Waals surface area contributed by atoms with Gasteiger partial charge in [-0.1, -0.05) is 30.3 Å². The molecule has 0 bridgehead atoms. The van der Waals surface area contributed by atoms with E-state index in [0.717, 1.165) is 9.87 Å². The van der Waals surface area contributed by atoms with Gasteiger partial charge < -0.3 is 9.30 Å². The molecule has 2 aromatic carbocycles. The minimum absolute atomic E-state index is 0.0746. The summed E-state index contributed by atoms with van der Waals surface area (Å²) in [7, 11) is 0.453. The van der Waals surface area contributed by atoms with Crippen molar-refractivity contribution in [3.05, 3.63) is 76.0 Å². The van der Waals surface area contributed by atoms with Gasteiger partial charge in [0.25, 0.3) is 5.91 Å². The molecule has 0 aliphatic heterocycles. The topological polar surface area (TPSA) is 81.0 Å². The lowest BCUT2D eigenvalue weighted by molar-refractivity contribution is 0.0997. The third kappa shape index (κ3) is 4.64. The monoisotopic (exact) mass is 431 g/mol. The van der Waals surface area contributed by atoms with Crippen LogP contribution < -0.4 is 9.54 Å². The Morgan fingerprint density at radius 1 is 1.17 bits per heavy atom. The summed E-state index contributed by atoms with van der Waals surface area (Å²) in [4.78, 5) is 17.4. The Hall–Kier alpha value is -2.75. The van der Waals surface area contributed by atoms with E-state index in [1.807, 2.05) is 46.5 Å². The largest absolute Gasteiger partial charge is 0.495 e. The van der Waals surface area contributed by atoms with E-state index in [4.69, 9.17) is 4.74 Å². The van der Waals surface area contributed by atoms with E-state index < -0.39 is 15.9 Å². The van der Waals surface area contributed by atoms with Gasteiger partial charge >= 0.3 is 0 Å². The van der Waals surface area contributed by atoms with Gasteiger partial charge in [-0.3, -0.25) is 4.79 Å². The average Bonchev–Trinajstić information content (AvgIpc) is 3.14. The zero-order valence-electron chi connectivity index (χ0n) is 16.3. The number of ether oxygens (including phenoxy) is 1. The first-order valence-electron chi connectivity index (χ1n) is 8.70. The Kier molecular flexibility index (Phi) is 6.31. The first kappa shape index (κ1) is 21.0. The summed E-state index contributed by atoms with van der Waals surface area (Å²) in [5.41, 5.74) is 1.26. The van der Waals surface area contributed by atoms with Gasteiger partial charge in [-0.15, -0.1) is 11.3 Å². The summed E-state index contributed by atoms with van der Waals surface area (Å²) < 4.78 is 33.2. The van der Waals surface area contributed by atoms with Gasteiger partial charge in [-0.25, -0.2) is 12.7 Å². The number of hydrogen-bond acceptors (Lipinski definition) is 5. The molecule has 0 saturated heterocycles. The molecule has 9 heteroatoms. The molecule has 0 spiro atoms. The first-order chi connectivity index (χ1) is 13.8. The van der Waals surface area contributed by atoms with Crippen molar-refractivity contribution in [2.75, 3.05) is 21.2 Å². The summed E-state index contributed by atoms with van der Waals surface area (Å²) in [6, 6.07) is 14.1. The number of benzene rings is 2. The number of hydrogen-bond donors (Lipinski definition) is 0. The fourth-order valence-corrected chi connectivity index (χ4v) is 4.45. The molecular formula is C20H21N3O4S2. The van der Waals surface area contributed by atoms with Gasteiger partial charge in [0, 0.05) is 37.8 Å². The number of aromatic nitrogens is 1. The minimum atomic E-state index is -3.77. The maximum absolute atomic E-state index is 12.7. The van der Waals surface area contributed by atoms with E-state index in [1.54, 1.807) is 0 Å². The summed E-state index contributed by atoms with van der Waals surface area (Å²) in [6.07, 6.45) is 1.86. The molecule has 0 atom stereocenters. The Labute approximate surface area is 173 Å². The van der Waals surface area contributed by atoms with Crippen LogP contribution in [0.2, 0.25) is 0 Å². The van der Waals surface area contributed by atoms with Crippen molar-refractivity contribution in [1.82, 2.24) is 8.87 Å². The summed E-state index contributed by atoms with van der Waals surface area (Å²) in [5, 5.41) is 1.85. The van der Waals surface area contributed by atoms with E-state index in [2.05, 4.69) is 4.99 Å². The van der Waals surface area contributed by atoms with E-state index in [0.29, 0.717) is 11.3 Å². The minimum Gasteiger partial charge on any atom is -0.495 e. The zero-order chi connectivity index (χ0) is 21.0. The van der Waals surface area contributed by atoms with Gasteiger partial charge in [0.15, 0.2) is 4.80 Å². The van der Waals surface area contributed by atoms with Crippen LogP contribution in [-0.2, 0) is 16.6 Å². The van der Waals surface area contributed by atoms with E-state index >= 15 is 0 Å². The quantitative estimate of drug-likeness (QED) is 0.601. The van der Waals surface area contributed by atoms with Crippen LogP contribution in [0.1, 0.15) is 15.9 Å². The molecule has 0 saturated carbocycles. The summed E-state index contributed by atoms with van der Waals surface area (Å²) in [6.45, 7) is 0.583. The number of methoxy groups -OCH3 is 1. The predicted molar refractivity (Wildman–Crippen MR) is 112 cm³/mol. The van der Waals surface area contributed by atoms with Crippen LogP contribution in [0.5, 0.6) is 5.75 Å². The Bertz CT molecular complexity index is 1180. The van der Waals surface area contributed by atoms with Crippen LogP contribution >= 0.6 is 11.3 Å². The fraction of sp³-hybridized carbons (Fsp3) is 0.200. The number of carbonyl (C=O) groups excluding carboxylic acids is 1. The highest BCUT2D eigenvalue weighted by atomic mass is 32.2. The Balaban J connectivity index is 1.98. The van der Waals surface area contributed by atoms with E-state index in [1.165, 1.54) is 50.7 Å². The average molecular weight is 432 g/mol. The molecule has 3 rings (SSSR count). The molecule has 1 amide bonds. The molecule has 3 aromatic rings. The molecule has 29 heavy (non-hydrogen) atoms. The lowest BCUT2D eigenvalue weighted by Gasteiger charge is -2.15. The highest BCUT2D eigenvalue weighted by molar-refractivity contribution is 7.89. The molecule has 1 aromatic heterocycles.